The smallest absolute Gasteiger partial charge is 0.306 e. The first-order chi connectivity index (χ1) is 31.0. The summed E-state index contributed by atoms with van der Waals surface area (Å²) in [5, 5.41) is 0. The average molecular weight is 875 g/mol. The van der Waals surface area contributed by atoms with Gasteiger partial charge in [-0.15, -0.1) is 0 Å². The van der Waals surface area contributed by atoms with Crippen LogP contribution in [-0.2, 0) is 28.6 Å². The number of ether oxygens (including phenoxy) is 3. The Morgan fingerprint density at radius 3 is 1.21 bits per heavy atom. The minimum atomic E-state index is -0.805. The van der Waals surface area contributed by atoms with Gasteiger partial charge in [0.2, 0.25) is 0 Å². The molecule has 0 amide bonds. The van der Waals surface area contributed by atoms with E-state index in [9.17, 15) is 14.4 Å². The van der Waals surface area contributed by atoms with Crippen LogP contribution >= 0.6 is 0 Å². The highest BCUT2D eigenvalue weighted by Crippen LogP contribution is 2.14. The predicted molar refractivity (Wildman–Crippen MR) is 270 cm³/mol. The lowest BCUT2D eigenvalue weighted by atomic mass is 10.1. The van der Waals surface area contributed by atoms with Gasteiger partial charge >= 0.3 is 17.9 Å². The summed E-state index contributed by atoms with van der Waals surface area (Å²) in [5.41, 5.74) is 0. The largest absolute Gasteiger partial charge is 0.462 e. The van der Waals surface area contributed by atoms with Gasteiger partial charge in [0.25, 0.3) is 0 Å². The molecule has 0 aromatic carbocycles. The first kappa shape index (κ1) is 59.3. The number of hydrogen-bond acceptors (Lipinski definition) is 6. The summed E-state index contributed by atoms with van der Waals surface area (Å²) in [5.74, 6) is -0.977. The third kappa shape index (κ3) is 49.2. The maximum atomic E-state index is 12.8. The molecule has 6 heteroatoms. The summed E-state index contributed by atoms with van der Waals surface area (Å²) in [4.78, 5) is 37.9. The monoisotopic (exact) mass is 875 g/mol. The summed E-state index contributed by atoms with van der Waals surface area (Å²) in [6.07, 6.45) is 66.9. The molecule has 0 saturated carbocycles. The van der Waals surface area contributed by atoms with Crippen molar-refractivity contribution in [3.8, 4) is 0 Å². The molecular formula is C57H94O6. The maximum Gasteiger partial charge on any atom is 0.306 e. The van der Waals surface area contributed by atoms with Crippen molar-refractivity contribution in [3.63, 3.8) is 0 Å². The van der Waals surface area contributed by atoms with Gasteiger partial charge in [0.05, 0.1) is 0 Å². The second-order valence-corrected chi connectivity index (χ2v) is 16.8. The van der Waals surface area contributed by atoms with E-state index < -0.39 is 6.10 Å². The van der Waals surface area contributed by atoms with Crippen molar-refractivity contribution in [2.45, 2.75) is 232 Å². The molecule has 0 fully saturated rings. The number of hydrogen-bond donors (Lipinski definition) is 0. The maximum absolute atomic E-state index is 12.8. The van der Waals surface area contributed by atoms with E-state index in [0.717, 1.165) is 83.5 Å². The third-order valence-electron chi connectivity index (χ3n) is 10.6. The third-order valence-corrected chi connectivity index (χ3v) is 10.6. The summed E-state index contributed by atoms with van der Waals surface area (Å²) in [6, 6.07) is 0. The second-order valence-electron chi connectivity index (χ2n) is 16.8. The van der Waals surface area contributed by atoms with Crippen LogP contribution in [0.5, 0.6) is 0 Å². The van der Waals surface area contributed by atoms with E-state index in [1.165, 1.54) is 96.3 Å². The number of esters is 3. The molecule has 1 atom stereocenters. The highest BCUT2D eigenvalue weighted by molar-refractivity contribution is 5.71. The van der Waals surface area contributed by atoms with Gasteiger partial charge in [-0.1, -0.05) is 214 Å². The minimum Gasteiger partial charge on any atom is -0.462 e. The summed E-state index contributed by atoms with van der Waals surface area (Å²) < 4.78 is 16.7. The van der Waals surface area contributed by atoms with Crippen LogP contribution in [0.1, 0.15) is 226 Å². The first-order valence-corrected chi connectivity index (χ1v) is 25.8. The van der Waals surface area contributed by atoms with Gasteiger partial charge in [0.1, 0.15) is 13.2 Å². The molecule has 0 saturated heterocycles. The van der Waals surface area contributed by atoms with Crippen LogP contribution in [-0.4, -0.2) is 37.2 Å². The minimum absolute atomic E-state index is 0.101. The predicted octanol–water partition coefficient (Wildman–Crippen LogP) is 17.0. The van der Waals surface area contributed by atoms with Crippen LogP contribution in [0.3, 0.4) is 0 Å². The van der Waals surface area contributed by atoms with Crippen LogP contribution in [0.4, 0.5) is 0 Å². The van der Waals surface area contributed by atoms with Crippen molar-refractivity contribution in [1.82, 2.24) is 0 Å². The molecule has 0 aromatic heterocycles. The molecule has 0 aliphatic heterocycles. The fraction of sp³-hybridized carbons (Fsp3) is 0.667. The van der Waals surface area contributed by atoms with Crippen molar-refractivity contribution >= 4 is 17.9 Å². The molecule has 6 nitrogen and oxygen atoms in total. The van der Waals surface area contributed by atoms with E-state index in [1.807, 2.05) is 0 Å². The van der Waals surface area contributed by atoms with Crippen LogP contribution in [0, 0.1) is 0 Å². The highest BCUT2D eigenvalue weighted by atomic mass is 16.6. The molecule has 63 heavy (non-hydrogen) atoms. The summed E-state index contributed by atoms with van der Waals surface area (Å²) in [6.45, 7) is 6.29. The summed E-state index contributed by atoms with van der Waals surface area (Å²) >= 11 is 0. The van der Waals surface area contributed by atoms with Gasteiger partial charge in [-0.2, -0.15) is 0 Å². The lowest BCUT2D eigenvalue weighted by Crippen LogP contribution is -2.30. The Balaban J connectivity index is 4.41. The van der Waals surface area contributed by atoms with Crippen molar-refractivity contribution < 1.29 is 28.6 Å². The molecule has 0 aromatic rings. The van der Waals surface area contributed by atoms with E-state index in [0.29, 0.717) is 19.3 Å². The molecule has 0 N–H and O–H groups in total. The lowest BCUT2D eigenvalue weighted by molar-refractivity contribution is -0.167. The highest BCUT2D eigenvalue weighted by Gasteiger charge is 2.19. The molecule has 1 unspecified atom stereocenters. The molecule has 0 radical (unpaired) electrons. The Morgan fingerprint density at radius 1 is 0.349 bits per heavy atom. The van der Waals surface area contributed by atoms with E-state index in [-0.39, 0.29) is 37.5 Å². The first-order valence-electron chi connectivity index (χ1n) is 25.8. The van der Waals surface area contributed by atoms with Crippen molar-refractivity contribution in [1.29, 1.82) is 0 Å². The quantitative estimate of drug-likeness (QED) is 0.0199. The van der Waals surface area contributed by atoms with Gasteiger partial charge < -0.3 is 14.2 Å². The van der Waals surface area contributed by atoms with Gasteiger partial charge in [0.15, 0.2) is 6.10 Å². The van der Waals surface area contributed by atoms with Crippen molar-refractivity contribution in [2.24, 2.45) is 0 Å². The zero-order valence-electron chi connectivity index (χ0n) is 40.8. The van der Waals surface area contributed by atoms with E-state index in [2.05, 4.69) is 118 Å². The molecule has 358 valence electrons. The van der Waals surface area contributed by atoms with Crippen LogP contribution in [0.25, 0.3) is 0 Å². The molecule has 0 aliphatic rings. The Bertz CT molecular complexity index is 1280. The van der Waals surface area contributed by atoms with Gasteiger partial charge in [-0.25, -0.2) is 0 Å². The van der Waals surface area contributed by atoms with E-state index in [4.69, 9.17) is 14.2 Å². The number of allylic oxidation sites excluding steroid dienone is 16. The normalized spacial score (nSPS) is 12.9. The molecule has 0 bridgehead atoms. The second kappa shape index (κ2) is 51.0. The fourth-order valence-electron chi connectivity index (χ4n) is 6.81. The molecule has 0 heterocycles. The molecule has 0 spiro atoms. The lowest BCUT2D eigenvalue weighted by Gasteiger charge is -2.18. The van der Waals surface area contributed by atoms with Crippen molar-refractivity contribution in [2.75, 3.05) is 13.2 Å². The zero-order chi connectivity index (χ0) is 45.8. The molecule has 0 rings (SSSR count). The number of carbonyl (C=O) groups is 3. The summed E-state index contributed by atoms with van der Waals surface area (Å²) in [7, 11) is 0. The van der Waals surface area contributed by atoms with Gasteiger partial charge in [-0.05, 0) is 89.9 Å². The van der Waals surface area contributed by atoms with Crippen LogP contribution in [0.2, 0.25) is 0 Å². The number of rotatable bonds is 45. The Labute approximate surface area is 387 Å². The Kier molecular flexibility index (Phi) is 48.0. The van der Waals surface area contributed by atoms with Gasteiger partial charge in [0, 0.05) is 19.3 Å². The average Bonchev–Trinajstić information content (AvgIpc) is 3.28. The van der Waals surface area contributed by atoms with Crippen LogP contribution < -0.4 is 0 Å². The van der Waals surface area contributed by atoms with Gasteiger partial charge in [-0.3, -0.25) is 14.4 Å². The standard InChI is InChI=1S/C57H94O6/c1-4-7-10-13-16-19-22-24-26-27-28-29-31-32-35-38-41-44-47-50-56(59)62-53-54(52-61-55(58)49-46-43-40-37-34-21-18-15-12-9-6-3)63-57(60)51-48-45-42-39-36-33-30-25-23-20-17-14-11-8-5-2/h8-9,11-12,14,16-24,37,40,54H,4-7,10,13,15,25-36,38-39,41-53H2,1-3H3/b11-8-,12-9-,17-14-,19-16-,21-18-,23-20-,24-22-,40-37-. The topological polar surface area (TPSA) is 78.9 Å². The SMILES string of the molecule is CC\C=C/C=C\C=C/CCCCCCCCCC(=O)OC(COC(=O)CCC/C=C\C/C=C\C/C=C\CC)COC(=O)CCCCCCCCCCCC/C=C\C=C/CCCCC. The van der Waals surface area contributed by atoms with E-state index >= 15 is 0 Å². The Hall–Kier alpha value is -3.67. The molecular weight excluding hydrogens is 781 g/mol. The fourth-order valence-corrected chi connectivity index (χ4v) is 6.81. The van der Waals surface area contributed by atoms with E-state index in [1.54, 1.807) is 0 Å². The van der Waals surface area contributed by atoms with Crippen LogP contribution in [0.15, 0.2) is 97.2 Å². The Morgan fingerprint density at radius 2 is 0.714 bits per heavy atom. The zero-order valence-corrected chi connectivity index (χ0v) is 40.8. The van der Waals surface area contributed by atoms with Crippen molar-refractivity contribution in [3.05, 3.63) is 97.2 Å². The number of carbonyl (C=O) groups excluding carboxylic acids is 3. The number of unbranched alkanes of at least 4 members (excludes halogenated alkanes) is 21. The molecule has 0 aliphatic carbocycles.